The molecule has 1 N–H and O–H groups in total. The van der Waals surface area contributed by atoms with E-state index in [-0.39, 0.29) is 18.1 Å². The summed E-state index contributed by atoms with van der Waals surface area (Å²) in [6.07, 6.45) is 0.241. The van der Waals surface area contributed by atoms with Crippen LogP contribution in [0.5, 0.6) is 11.5 Å². The van der Waals surface area contributed by atoms with Crippen molar-refractivity contribution in [2.24, 2.45) is 0 Å². The van der Waals surface area contributed by atoms with Crippen LogP contribution < -0.4 is 14.8 Å². The highest BCUT2D eigenvalue weighted by molar-refractivity contribution is 5.96. The number of carbonyl (C=O) groups is 2. The Hall–Kier alpha value is -2.82. The summed E-state index contributed by atoms with van der Waals surface area (Å²) in [5.41, 5.74) is 2.14. The number of benzene rings is 2. The van der Waals surface area contributed by atoms with Crippen LogP contribution in [0.2, 0.25) is 0 Å². The maximum Gasteiger partial charge on any atom is 0.228 e. The Bertz CT molecular complexity index is 737. The SMILES string of the molecule is CC(=O)c1ccc(NC(=O)Cc2ccc3c(c2)OCCO3)cc1. The Labute approximate surface area is 134 Å². The van der Waals surface area contributed by atoms with Crippen molar-refractivity contribution in [3.63, 3.8) is 0 Å². The number of anilines is 1. The quantitative estimate of drug-likeness (QED) is 0.882. The first-order valence-electron chi connectivity index (χ1n) is 7.41. The number of carbonyl (C=O) groups excluding carboxylic acids is 2. The summed E-state index contributed by atoms with van der Waals surface area (Å²) >= 11 is 0. The third kappa shape index (κ3) is 3.69. The second-order valence-corrected chi connectivity index (χ2v) is 5.34. The number of nitrogens with one attached hydrogen (secondary N) is 1. The molecule has 1 aliphatic rings. The minimum absolute atomic E-state index is 0.000783. The van der Waals surface area contributed by atoms with Crippen LogP contribution in [0.3, 0.4) is 0 Å². The molecule has 0 saturated heterocycles. The van der Waals surface area contributed by atoms with Crippen molar-refractivity contribution in [2.75, 3.05) is 18.5 Å². The fourth-order valence-electron chi connectivity index (χ4n) is 2.38. The lowest BCUT2D eigenvalue weighted by Crippen LogP contribution is -2.17. The van der Waals surface area contributed by atoms with Crippen molar-refractivity contribution in [3.8, 4) is 11.5 Å². The molecule has 0 fully saturated rings. The highest BCUT2D eigenvalue weighted by atomic mass is 16.6. The first-order chi connectivity index (χ1) is 11.1. The number of fused-ring (bicyclic) bond motifs is 1. The Morgan fingerprint density at radius 1 is 1.00 bits per heavy atom. The molecule has 118 valence electrons. The van der Waals surface area contributed by atoms with Gasteiger partial charge in [-0.2, -0.15) is 0 Å². The number of hydrogen-bond acceptors (Lipinski definition) is 4. The summed E-state index contributed by atoms with van der Waals surface area (Å²) in [7, 11) is 0. The third-order valence-corrected chi connectivity index (χ3v) is 3.55. The number of ketones is 1. The first-order valence-corrected chi connectivity index (χ1v) is 7.41. The second-order valence-electron chi connectivity index (χ2n) is 5.34. The average Bonchev–Trinajstić information content (AvgIpc) is 2.55. The summed E-state index contributed by atoms with van der Waals surface area (Å²) in [6, 6.07) is 12.3. The Kier molecular flexibility index (Phi) is 4.28. The summed E-state index contributed by atoms with van der Waals surface area (Å²) in [6.45, 7) is 2.57. The normalized spacial score (nSPS) is 12.6. The molecule has 1 heterocycles. The van der Waals surface area contributed by atoms with Crippen LogP contribution >= 0.6 is 0 Å². The number of ether oxygens (including phenoxy) is 2. The van der Waals surface area contributed by atoms with Crippen LogP contribution in [-0.2, 0) is 11.2 Å². The van der Waals surface area contributed by atoms with Crippen LogP contribution in [0.15, 0.2) is 42.5 Å². The Morgan fingerprint density at radius 3 is 2.39 bits per heavy atom. The topological polar surface area (TPSA) is 64.6 Å². The molecule has 5 heteroatoms. The molecule has 2 aromatic carbocycles. The van der Waals surface area contributed by atoms with Gasteiger partial charge in [0.15, 0.2) is 17.3 Å². The van der Waals surface area contributed by atoms with Crippen LogP contribution in [0.1, 0.15) is 22.8 Å². The molecule has 0 bridgehead atoms. The predicted molar refractivity (Wildman–Crippen MR) is 86.2 cm³/mol. The fourth-order valence-corrected chi connectivity index (χ4v) is 2.38. The molecule has 5 nitrogen and oxygen atoms in total. The van der Waals surface area contributed by atoms with Crippen molar-refractivity contribution in [1.29, 1.82) is 0 Å². The molecule has 0 radical (unpaired) electrons. The van der Waals surface area contributed by atoms with Gasteiger partial charge in [-0.25, -0.2) is 0 Å². The second kappa shape index (κ2) is 6.52. The van der Waals surface area contributed by atoms with Crippen LogP contribution in [0.25, 0.3) is 0 Å². The standard InChI is InChI=1S/C18H17NO4/c1-12(20)14-3-5-15(6-4-14)19-18(21)11-13-2-7-16-17(10-13)23-9-8-22-16/h2-7,10H,8-9,11H2,1H3,(H,19,21). The highest BCUT2D eigenvalue weighted by Crippen LogP contribution is 2.30. The largest absolute Gasteiger partial charge is 0.486 e. The smallest absolute Gasteiger partial charge is 0.228 e. The van der Waals surface area contributed by atoms with Gasteiger partial charge < -0.3 is 14.8 Å². The van der Waals surface area contributed by atoms with Gasteiger partial charge in [-0.15, -0.1) is 0 Å². The van der Waals surface area contributed by atoms with Gasteiger partial charge in [0.2, 0.25) is 5.91 Å². The molecule has 23 heavy (non-hydrogen) atoms. The summed E-state index contributed by atoms with van der Waals surface area (Å²) < 4.78 is 11.0. The predicted octanol–water partition coefficient (Wildman–Crippen LogP) is 2.84. The highest BCUT2D eigenvalue weighted by Gasteiger charge is 2.13. The number of Topliss-reactive ketones (excluding diaryl/α,β-unsaturated/α-hetero) is 1. The molecule has 2 aromatic rings. The number of hydrogen-bond donors (Lipinski definition) is 1. The lowest BCUT2D eigenvalue weighted by Gasteiger charge is -2.18. The van der Waals surface area contributed by atoms with Gasteiger partial charge in [-0.3, -0.25) is 9.59 Å². The van der Waals surface area contributed by atoms with Crippen molar-refractivity contribution in [1.82, 2.24) is 0 Å². The van der Waals surface area contributed by atoms with Crippen molar-refractivity contribution in [3.05, 3.63) is 53.6 Å². The maximum atomic E-state index is 12.1. The van der Waals surface area contributed by atoms with E-state index in [9.17, 15) is 9.59 Å². The molecule has 0 aliphatic carbocycles. The minimum atomic E-state index is -0.128. The summed E-state index contributed by atoms with van der Waals surface area (Å²) in [5.74, 6) is 1.25. The van der Waals surface area contributed by atoms with Crippen molar-refractivity contribution < 1.29 is 19.1 Å². The molecule has 0 spiro atoms. The molecule has 0 unspecified atom stereocenters. The molecule has 0 atom stereocenters. The van der Waals surface area contributed by atoms with E-state index in [0.29, 0.717) is 36.0 Å². The van der Waals surface area contributed by atoms with E-state index in [1.165, 1.54) is 6.92 Å². The number of rotatable bonds is 4. The lowest BCUT2D eigenvalue weighted by molar-refractivity contribution is -0.115. The van der Waals surface area contributed by atoms with Crippen molar-refractivity contribution >= 4 is 17.4 Å². The Balaban J connectivity index is 1.64. The van der Waals surface area contributed by atoms with E-state index in [0.717, 1.165) is 5.56 Å². The zero-order valence-corrected chi connectivity index (χ0v) is 12.8. The van der Waals surface area contributed by atoms with Gasteiger partial charge in [0, 0.05) is 11.3 Å². The van der Waals surface area contributed by atoms with Gasteiger partial charge >= 0.3 is 0 Å². The lowest BCUT2D eigenvalue weighted by atomic mass is 10.1. The van der Waals surface area contributed by atoms with Crippen molar-refractivity contribution in [2.45, 2.75) is 13.3 Å². The van der Waals surface area contributed by atoms with E-state index in [1.54, 1.807) is 24.3 Å². The fraction of sp³-hybridized carbons (Fsp3) is 0.222. The van der Waals surface area contributed by atoms with Gasteiger partial charge in [0.25, 0.3) is 0 Å². The zero-order valence-electron chi connectivity index (χ0n) is 12.8. The molecule has 3 rings (SSSR count). The van der Waals surface area contributed by atoms with Crippen LogP contribution in [0.4, 0.5) is 5.69 Å². The van der Waals surface area contributed by atoms with E-state index >= 15 is 0 Å². The van der Waals surface area contributed by atoms with E-state index in [2.05, 4.69) is 5.32 Å². The number of amides is 1. The molecular formula is C18H17NO4. The molecule has 1 amide bonds. The average molecular weight is 311 g/mol. The first kappa shape index (κ1) is 15.1. The van der Waals surface area contributed by atoms with Gasteiger partial charge in [-0.05, 0) is 48.9 Å². The van der Waals surface area contributed by atoms with Gasteiger partial charge in [-0.1, -0.05) is 6.07 Å². The van der Waals surface area contributed by atoms with Gasteiger partial charge in [0.05, 0.1) is 6.42 Å². The molecular weight excluding hydrogens is 294 g/mol. The molecule has 0 aromatic heterocycles. The van der Waals surface area contributed by atoms with E-state index in [4.69, 9.17) is 9.47 Å². The third-order valence-electron chi connectivity index (χ3n) is 3.55. The minimum Gasteiger partial charge on any atom is -0.486 e. The summed E-state index contributed by atoms with van der Waals surface area (Å²) in [4.78, 5) is 23.3. The molecule has 1 aliphatic heterocycles. The van der Waals surface area contributed by atoms with E-state index in [1.807, 2.05) is 18.2 Å². The summed E-state index contributed by atoms with van der Waals surface area (Å²) in [5, 5.41) is 2.81. The van der Waals surface area contributed by atoms with Gasteiger partial charge in [0.1, 0.15) is 13.2 Å². The van der Waals surface area contributed by atoms with E-state index < -0.39 is 0 Å². The zero-order chi connectivity index (χ0) is 16.2. The molecule has 0 saturated carbocycles. The monoisotopic (exact) mass is 311 g/mol. The van der Waals surface area contributed by atoms with Crippen LogP contribution in [-0.4, -0.2) is 24.9 Å². The van der Waals surface area contributed by atoms with Crippen LogP contribution in [0, 0.1) is 0 Å². The maximum absolute atomic E-state index is 12.1. The Morgan fingerprint density at radius 2 is 1.70 bits per heavy atom.